The third-order valence-electron chi connectivity index (χ3n) is 4.21. The molecule has 0 bridgehead atoms. The lowest BCUT2D eigenvalue weighted by atomic mass is 9.98. The Bertz CT molecular complexity index is 1330. The number of anilines is 1. The highest BCUT2D eigenvalue weighted by molar-refractivity contribution is 8.45. The van der Waals surface area contributed by atoms with Crippen LogP contribution in [0.3, 0.4) is 0 Å². The second-order valence-electron chi connectivity index (χ2n) is 8.17. The normalized spacial score (nSPS) is 14.7. The van der Waals surface area contributed by atoms with E-state index in [2.05, 4.69) is 5.10 Å². The summed E-state index contributed by atoms with van der Waals surface area (Å²) in [6.07, 6.45) is 0. The van der Waals surface area contributed by atoms with E-state index in [1.54, 1.807) is 6.07 Å². The molecule has 0 fully saturated rings. The molecule has 0 saturated carbocycles. The van der Waals surface area contributed by atoms with Crippen molar-refractivity contribution < 1.29 is 37.4 Å². The molecule has 0 amide bonds. The molecule has 1 heterocycles. The van der Waals surface area contributed by atoms with Crippen molar-refractivity contribution in [2.24, 2.45) is 5.41 Å². The first-order valence-electron chi connectivity index (χ1n) is 9.12. The molecule has 9 nitrogen and oxygen atoms in total. The molecule has 3 N–H and O–H groups in total. The Morgan fingerprint density at radius 2 is 1.74 bits per heavy atom. The molecule has 35 heavy (non-hydrogen) atoms. The van der Waals surface area contributed by atoms with Gasteiger partial charge in [0.2, 0.25) is 10.0 Å². The van der Waals surface area contributed by atoms with Crippen molar-refractivity contribution in [2.75, 3.05) is 12.5 Å². The second-order valence-corrected chi connectivity index (χ2v) is 13.2. The predicted octanol–water partition coefficient (Wildman–Crippen LogP) is 5.26. The number of nitrogen functional groups attached to an aromatic ring is 1. The molecule has 2 rings (SSSR count). The number of rotatable bonds is 7. The highest BCUT2D eigenvalue weighted by Gasteiger charge is 2.65. The number of carbonyl (C=O) groups excluding carboxylic acids is 1. The van der Waals surface area contributed by atoms with Crippen molar-refractivity contribution in [3.05, 3.63) is 33.4 Å². The number of nitriles is 1. The minimum atomic E-state index is -10.1. The van der Waals surface area contributed by atoms with E-state index < -0.39 is 81.8 Å². The number of nitrogens with two attached hydrogens (primary N) is 1. The zero-order valence-corrected chi connectivity index (χ0v) is 21.2. The molecule has 0 radical (unpaired) electrons. The number of esters is 1. The van der Waals surface area contributed by atoms with Gasteiger partial charge in [-0.05, 0) is 32.9 Å². The Morgan fingerprint density at radius 1 is 1.23 bits per heavy atom. The van der Waals surface area contributed by atoms with Crippen LogP contribution in [0.5, 0.6) is 0 Å². The largest absolute Gasteiger partial charge is 0.448 e. The highest BCUT2D eigenvalue weighted by Crippen LogP contribution is 3.02. The van der Waals surface area contributed by atoms with E-state index in [0.717, 1.165) is 0 Å². The zero-order valence-electron chi connectivity index (χ0n) is 18.1. The van der Waals surface area contributed by atoms with Gasteiger partial charge in [0, 0.05) is 5.56 Å². The Balaban J connectivity index is 2.44. The average molecular weight is 586 g/mol. The van der Waals surface area contributed by atoms with E-state index in [9.17, 15) is 37.9 Å². The number of nitrogens with one attached hydrogen (secondary N) is 1. The van der Waals surface area contributed by atoms with Crippen LogP contribution in [0.4, 0.5) is 25.2 Å². The Hall–Kier alpha value is -2.32. The average Bonchev–Trinajstić information content (AvgIpc) is 2.93. The third-order valence-corrected chi connectivity index (χ3v) is 7.13. The quantitative estimate of drug-likeness (QED) is 0.256. The van der Waals surface area contributed by atoms with Gasteiger partial charge in [-0.25, -0.2) is 13.1 Å². The monoisotopic (exact) mass is 585 g/mol. The first-order chi connectivity index (χ1) is 15.5. The summed E-state index contributed by atoms with van der Waals surface area (Å²) in [5.74, 6) is -2.24. The van der Waals surface area contributed by atoms with Crippen LogP contribution in [0.2, 0.25) is 10.0 Å². The van der Waals surface area contributed by atoms with Crippen LogP contribution in [0.15, 0.2) is 17.0 Å². The van der Waals surface area contributed by atoms with Gasteiger partial charge in [0.05, 0.1) is 21.2 Å². The third kappa shape index (κ3) is 6.88. The number of aromatic nitrogens is 2. The molecule has 0 aliphatic carbocycles. The van der Waals surface area contributed by atoms with Crippen molar-refractivity contribution in [3.63, 3.8) is 0 Å². The van der Waals surface area contributed by atoms with Gasteiger partial charge >= 0.3 is 16.2 Å². The van der Waals surface area contributed by atoms with Crippen LogP contribution >= 0.6 is 33.4 Å². The minimum absolute atomic E-state index is 0.0843. The summed E-state index contributed by atoms with van der Waals surface area (Å²) >= 11 is 11.5. The summed E-state index contributed by atoms with van der Waals surface area (Å²) in [6.45, 7) is 3.89. The van der Waals surface area contributed by atoms with Gasteiger partial charge in [-0.3, -0.25) is 4.79 Å². The second kappa shape index (κ2) is 8.37. The molecule has 18 heteroatoms. The number of benzene rings is 1. The van der Waals surface area contributed by atoms with Gasteiger partial charge in [-0.1, -0.05) is 42.6 Å². The van der Waals surface area contributed by atoms with Gasteiger partial charge in [0.25, 0.3) is 0 Å². The van der Waals surface area contributed by atoms with E-state index >= 15 is 0 Å². The fraction of sp³-hybridized carbons (Fsp3) is 0.353. The molecule has 0 spiro atoms. The summed E-state index contributed by atoms with van der Waals surface area (Å²) in [7, 11) is -14.4. The molecule has 1 aromatic carbocycles. The maximum absolute atomic E-state index is 13.1. The van der Waals surface area contributed by atoms with E-state index in [1.165, 1.54) is 20.8 Å². The first kappa shape index (κ1) is 28.9. The number of hydrogen-bond acceptors (Lipinski definition) is 7. The lowest BCUT2D eigenvalue weighted by Gasteiger charge is -2.40. The van der Waals surface area contributed by atoms with Crippen molar-refractivity contribution in [2.45, 2.75) is 31.4 Å². The minimum Gasteiger partial charge on any atom is -0.448 e. The molecule has 2 aromatic rings. The number of sulfonamides is 1. The van der Waals surface area contributed by atoms with Crippen molar-refractivity contribution in [1.29, 1.82) is 5.26 Å². The van der Waals surface area contributed by atoms with E-state index in [0.29, 0.717) is 4.68 Å². The Kier molecular flexibility index (Phi) is 6.92. The SMILES string of the molecule is CC(C)(C)C(=O)OCNS(=O)(=O)Cc1c(C#N)nn(-c2c(Cl)cc(S(F)(F)(F)(F)F)cc2Cl)c1N. The van der Waals surface area contributed by atoms with Crippen LogP contribution in [0.1, 0.15) is 32.0 Å². The van der Waals surface area contributed by atoms with Gasteiger partial charge < -0.3 is 10.5 Å². The number of ether oxygens (including phenoxy) is 1. The van der Waals surface area contributed by atoms with Crippen LogP contribution in [0.25, 0.3) is 5.69 Å². The predicted molar refractivity (Wildman–Crippen MR) is 120 cm³/mol. The lowest BCUT2D eigenvalue weighted by Crippen LogP contribution is -2.32. The molecule has 0 atom stereocenters. The van der Waals surface area contributed by atoms with Crippen LogP contribution in [0, 0.1) is 16.7 Å². The summed E-state index contributed by atoms with van der Waals surface area (Å²) in [5, 5.41) is 11.1. The fourth-order valence-corrected chi connectivity index (χ4v) is 4.94. The maximum Gasteiger partial charge on any atom is 0.312 e. The molecule has 0 aliphatic heterocycles. The highest BCUT2D eigenvalue weighted by atomic mass is 35.5. The molecule has 1 aromatic heterocycles. The summed E-state index contributed by atoms with van der Waals surface area (Å²) in [5.41, 5.74) is 3.39. The lowest BCUT2D eigenvalue weighted by molar-refractivity contribution is -0.153. The molecule has 0 unspecified atom stereocenters. The number of hydrogen-bond donors (Lipinski definition) is 2. The first-order valence-corrected chi connectivity index (χ1v) is 13.5. The molecule has 196 valence electrons. The standard InChI is InChI=1S/C17H18Cl2F5N5O4S2/c1-17(2,3)16(30)33-8-27-34(31,32)7-10-13(6-25)28-29(15(10)26)14-11(18)4-9(5-12(14)19)35(20,21,22,23)24/h4-5,27H,7-8,26H2,1-3H3. The van der Waals surface area contributed by atoms with Crippen LogP contribution < -0.4 is 10.5 Å². The van der Waals surface area contributed by atoms with Crippen molar-refractivity contribution in [1.82, 2.24) is 14.5 Å². The van der Waals surface area contributed by atoms with Crippen molar-refractivity contribution in [3.8, 4) is 11.8 Å². The van der Waals surface area contributed by atoms with E-state index in [1.807, 2.05) is 4.72 Å². The van der Waals surface area contributed by atoms with E-state index in [4.69, 9.17) is 33.7 Å². The Morgan fingerprint density at radius 3 is 2.17 bits per heavy atom. The van der Waals surface area contributed by atoms with Gasteiger partial charge in [-0.15, -0.1) is 0 Å². The Labute approximate surface area is 206 Å². The number of nitrogens with zero attached hydrogens (tertiary/aromatic N) is 3. The van der Waals surface area contributed by atoms with Crippen LogP contribution in [-0.4, -0.2) is 30.9 Å². The van der Waals surface area contributed by atoms with Crippen LogP contribution in [-0.2, 0) is 25.3 Å². The zero-order chi connectivity index (χ0) is 27.3. The molecular weight excluding hydrogens is 568 g/mol. The number of carbonyl (C=O) groups is 1. The van der Waals surface area contributed by atoms with Gasteiger partial charge in [0.1, 0.15) is 22.5 Å². The maximum atomic E-state index is 13.1. The summed E-state index contributed by atoms with van der Waals surface area (Å²) in [4.78, 5) is 9.37. The molecule has 0 aliphatic rings. The molecule has 0 saturated heterocycles. The summed E-state index contributed by atoms with van der Waals surface area (Å²) in [6, 6.07) is 1.39. The van der Waals surface area contributed by atoms with E-state index in [-0.39, 0.29) is 12.1 Å². The van der Waals surface area contributed by atoms with Crippen molar-refractivity contribution >= 4 is 55.2 Å². The number of halogens is 7. The van der Waals surface area contributed by atoms with Gasteiger partial charge in [0.15, 0.2) is 12.4 Å². The molecular formula is C17H18Cl2F5N5O4S2. The topological polar surface area (TPSA) is 140 Å². The smallest absolute Gasteiger partial charge is 0.312 e. The van der Waals surface area contributed by atoms with Gasteiger partial charge in [-0.2, -0.15) is 15.1 Å². The fourth-order valence-electron chi connectivity index (χ4n) is 2.48. The summed E-state index contributed by atoms with van der Waals surface area (Å²) < 4.78 is 97.8.